The lowest BCUT2D eigenvalue weighted by Gasteiger charge is -1.98. The minimum absolute atomic E-state index is 0.332. The summed E-state index contributed by atoms with van der Waals surface area (Å²) in [5.74, 6) is 0.430. The highest BCUT2D eigenvalue weighted by Crippen LogP contribution is 2.25. The SMILES string of the molecule is COCCNc1nc(-c2cc(Cl)cc(Cl)c2)no1. The van der Waals surface area contributed by atoms with Crippen LogP contribution >= 0.6 is 23.2 Å². The van der Waals surface area contributed by atoms with Gasteiger partial charge in [0.1, 0.15) is 0 Å². The smallest absolute Gasteiger partial charge is 0.321 e. The number of halogens is 2. The summed E-state index contributed by atoms with van der Waals surface area (Å²) in [4.78, 5) is 4.17. The van der Waals surface area contributed by atoms with Gasteiger partial charge in [-0.3, -0.25) is 0 Å². The summed E-state index contributed by atoms with van der Waals surface area (Å²) in [6, 6.07) is 5.41. The summed E-state index contributed by atoms with van der Waals surface area (Å²) < 4.78 is 9.93. The molecule has 0 atom stereocenters. The Morgan fingerprint density at radius 1 is 1.28 bits per heavy atom. The monoisotopic (exact) mass is 287 g/mol. The number of hydrogen-bond acceptors (Lipinski definition) is 5. The minimum atomic E-state index is 0.332. The topological polar surface area (TPSA) is 60.2 Å². The van der Waals surface area contributed by atoms with Crippen molar-refractivity contribution in [2.24, 2.45) is 0 Å². The molecule has 1 aromatic carbocycles. The number of hydrogen-bond donors (Lipinski definition) is 1. The molecule has 0 bridgehead atoms. The molecule has 0 amide bonds. The van der Waals surface area contributed by atoms with Crippen molar-refractivity contribution < 1.29 is 9.26 Å². The highest BCUT2D eigenvalue weighted by molar-refractivity contribution is 6.35. The van der Waals surface area contributed by atoms with Crippen molar-refractivity contribution in [3.05, 3.63) is 28.2 Å². The van der Waals surface area contributed by atoms with Crippen LogP contribution in [0.3, 0.4) is 0 Å². The van der Waals surface area contributed by atoms with Gasteiger partial charge in [0, 0.05) is 29.3 Å². The number of methoxy groups -OCH3 is 1. The quantitative estimate of drug-likeness (QED) is 0.857. The molecule has 0 aliphatic carbocycles. The Balaban J connectivity index is 2.13. The first-order valence-electron chi connectivity index (χ1n) is 5.22. The van der Waals surface area contributed by atoms with Gasteiger partial charge in [0.05, 0.1) is 6.61 Å². The largest absolute Gasteiger partial charge is 0.383 e. The van der Waals surface area contributed by atoms with Crippen LogP contribution in [0.25, 0.3) is 11.4 Å². The van der Waals surface area contributed by atoms with Crippen LogP contribution in [0.2, 0.25) is 10.0 Å². The second-order valence-corrected chi connectivity index (χ2v) is 4.37. The number of rotatable bonds is 5. The summed E-state index contributed by atoms with van der Waals surface area (Å²) in [5, 5.41) is 7.82. The summed E-state index contributed by atoms with van der Waals surface area (Å²) >= 11 is 11.8. The second-order valence-electron chi connectivity index (χ2n) is 3.50. The van der Waals surface area contributed by atoms with Crippen molar-refractivity contribution in [2.75, 3.05) is 25.6 Å². The normalized spacial score (nSPS) is 10.6. The van der Waals surface area contributed by atoms with Crippen molar-refractivity contribution in [3.8, 4) is 11.4 Å². The maximum absolute atomic E-state index is 5.91. The molecule has 2 rings (SSSR count). The molecule has 96 valence electrons. The molecular formula is C11H11Cl2N3O2. The van der Waals surface area contributed by atoms with E-state index in [2.05, 4.69) is 15.5 Å². The van der Waals surface area contributed by atoms with Crippen molar-refractivity contribution in [3.63, 3.8) is 0 Å². The average Bonchev–Trinajstić information content (AvgIpc) is 2.77. The van der Waals surface area contributed by atoms with Crippen LogP contribution in [-0.2, 0) is 4.74 Å². The first-order valence-corrected chi connectivity index (χ1v) is 5.97. The molecule has 1 N–H and O–H groups in total. The third-order valence-electron chi connectivity index (χ3n) is 2.13. The lowest BCUT2D eigenvalue weighted by atomic mass is 10.2. The Morgan fingerprint density at radius 3 is 2.67 bits per heavy atom. The molecular weight excluding hydrogens is 277 g/mol. The maximum Gasteiger partial charge on any atom is 0.321 e. The van der Waals surface area contributed by atoms with Crippen LogP contribution in [0.15, 0.2) is 22.7 Å². The van der Waals surface area contributed by atoms with E-state index in [1.807, 2.05) is 0 Å². The molecule has 0 saturated heterocycles. The van der Waals surface area contributed by atoms with Crippen molar-refractivity contribution >= 4 is 29.2 Å². The molecule has 18 heavy (non-hydrogen) atoms. The Labute approximate surface area is 114 Å². The van der Waals surface area contributed by atoms with Crippen molar-refractivity contribution in [1.82, 2.24) is 10.1 Å². The van der Waals surface area contributed by atoms with Gasteiger partial charge in [0.2, 0.25) is 5.82 Å². The fourth-order valence-electron chi connectivity index (χ4n) is 1.36. The van der Waals surface area contributed by atoms with E-state index >= 15 is 0 Å². The van der Waals surface area contributed by atoms with Gasteiger partial charge in [-0.1, -0.05) is 28.4 Å². The van der Waals surface area contributed by atoms with Gasteiger partial charge < -0.3 is 14.6 Å². The van der Waals surface area contributed by atoms with E-state index in [4.69, 9.17) is 32.5 Å². The van der Waals surface area contributed by atoms with Gasteiger partial charge in [0.25, 0.3) is 0 Å². The van der Waals surface area contributed by atoms with Crippen molar-refractivity contribution in [2.45, 2.75) is 0 Å². The van der Waals surface area contributed by atoms with E-state index in [0.717, 1.165) is 0 Å². The predicted molar refractivity (Wildman–Crippen MR) is 70.1 cm³/mol. The Bertz CT molecular complexity index is 511. The third-order valence-corrected chi connectivity index (χ3v) is 2.57. The van der Waals surface area contributed by atoms with Crippen LogP contribution in [0.5, 0.6) is 0 Å². The molecule has 0 aliphatic rings. The van der Waals surface area contributed by atoms with Gasteiger partial charge in [-0.25, -0.2) is 0 Å². The molecule has 5 nitrogen and oxygen atoms in total. The summed E-state index contributed by atoms with van der Waals surface area (Å²) in [7, 11) is 1.62. The molecule has 7 heteroatoms. The first-order chi connectivity index (χ1) is 8.69. The Morgan fingerprint density at radius 2 is 2.00 bits per heavy atom. The standard InChI is InChI=1S/C11H11Cl2N3O2/c1-17-3-2-14-11-15-10(16-18-11)7-4-8(12)6-9(13)5-7/h4-6H,2-3H2,1H3,(H,14,15,16). The molecule has 0 fully saturated rings. The van der Waals surface area contributed by atoms with E-state index in [0.29, 0.717) is 40.6 Å². The number of nitrogens with zero attached hydrogens (tertiary/aromatic N) is 2. The highest BCUT2D eigenvalue weighted by atomic mass is 35.5. The van der Waals surface area contributed by atoms with E-state index in [9.17, 15) is 0 Å². The predicted octanol–water partition coefficient (Wildman–Crippen LogP) is 3.10. The fourth-order valence-corrected chi connectivity index (χ4v) is 1.88. The number of ether oxygens (including phenoxy) is 1. The van der Waals surface area contributed by atoms with Gasteiger partial charge in [0.15, 0.2) is 0 Å². The lowest BCUT2D eigenvalue weighted by molar-refractivity contribution is 0.210. The molecule has 2 aromatic rings. The number of aromatic nitrogens is 2. The zero-order valence-electron chi connectivity index (χ0n) is 9.61. The summed E-state index contributed by atoms with van der Waals surface area (Å²) in [5.41, 5.74) is 0.705. The zero-order valence-corrected chi connectivity index (χ0v) is 11.1. The van der Waals surface area contributed by atoms with Gasteiger partial charge in [-0.2, -0.15) is 4.98 Å². The summed E-state index contributed by atoms with van der Waals surface area (Å²) in [6.45, 7) is 1.15. The Hall–Kier alpha value is -1.30. The molecule has 0 saturated carbocycles. The van der Waals surface area contributed by atoms with E-state index in [1.165, 1.54) is 0 Å². The average molecular weight is 288 g/mol. The number of nitrogens with one attached hydrogen (secondary N) is 1. The van der Waals surface area contributed by atoms with Crippen LogP contribution < -0.4 is 5.32 Å². The zero-order chi connectivity index (χ0) is 13.0. The second kappa shape index (κ2) is 6.04. The van der Waals surface area contributed by atoms with Crippen LogP contribution in [0.1, 0.15) is 0 Å². The summed E-state index contributed by atoms with van der Waals surface area (Å²) in [6.07, 6.45) is 0. The van der Waals surface area contributed by atoms with Gasteiger partial charge >= 0.3 is 6.01 Å². The molecule has 0 radical (unpaired) electrons. The molecule has 0 unspecified atom stereocenters. The lowest BCUT2D eigenvalue weighted by Crippen LogP contribution is -2.07. The molecule has 0 aliphatic heterocycles. The first kappa shape index (κ1) is 13.1. The van der Waals surface area contributed by atoms with E-state index in [-0.39, 0.29) is 0 Å². The van der Waals surface area contributed by atoms with E-state index < -0.39 is 0 Å². The van der Waals surface area contributed by atoms with Crippen LogP contribution in [0, 0.1) is 0 Å². The minimum Gasteiger partial charge on any atom is -0.383 e. The molecule has 0 spiro atoms. The number of benzene rings is 1. The van der Waals surface area contributed by atoms with Crippen LogP contribution in [-0.4, -0.2) is 30.4 Å². The third kappa shape index (κ3) is 3.35. The van der Waals surface area contributed by atoms with Crippen LogP contribution in [0.4, 0.5) is 6.01 Å². The van der Waals surface area contributed by atoms with Gasteiger partial charge in [-0.05, 0) is 18.2 Å². The molecule has 1 aromatic heterocycles. The van der Waals surface area contributed by atoms with Gasteiger partial charge in [-0.15, -0.1) is 0 Å². The maximum atomic E-state index is 5.91. The molecule has 1 heterocycles. The van der Waals surface area contributed by atoms with E-state index in [1.54, 1.807) is 25.3 Å². The number of anilines is 1. The van der Waals surface area contributed by atoms with Crippen molar-refractivity contribution in [1.29, 1.82) is 0 Å². The Kier molecular flexibility index (Phi) is 4.41. The fraction of sp³-hybridized carbons (Fsp3) is 0.273. The highest BCUT2D eigenvalue weighted by Gasteiger charge is 2.09.